The molecule has 1 aromatic heterocycles. The van der Waals surface area contributed by atoms with Gasteiger partial charge in [0.2, 0.25) is 17.3 Å². The number of quaternary nitrogens is 1. The van der Waals surface area contributed by atoms with Crippen molar-refractivity contribution in [2.45, 2.75) is 73.1 Å². The molecule has 0 aromatic carbocycles. The van der Waals surface area contributed by atoms with E-state index in [0.717, 1.165) is 43.0 Å². The molecule has 1 saturated carbocycles. The normalized spacial score (nSPS) is 34.7. The molecule has 0 saturated heterocycles. The van der Waals surface area contributed by atoms with Crippen molar-refractivity contribution in [1.29, 1.82) is 0 Å². The Morgan fingerprint density at radius 2 is 2.12 bits per heavy atom. The van der Waals surface area contributed by atoms with Crippen LogP contribution < -0.4 is 15.3 Å². The van der Waals surface area contributed by atoms with E-state index in [9.17, 15) is 5.21 Å². The number of rotatable bonds is 6. The van der Waals surface area contributed by atoms with Crippen LogP contribution in [0.4, 0.5) is 17.3 Å². The first kappa shape index (κ1) is 23.2. The van der Waals surface area contributed by atoms with Gasteiger partial charge in [-0.1, -0.05) is 38.0 Å². The molecule has 32 heavy (non-hydrogen) atoms. The minimum atomic E-state index is 0.388. The molecule has 3 N–H and O–H groups in total. The monoisotopic (exact) mass is 440 g/mol. The fourth-order valence-corrected chi connectivity index (χ4v) is 6.88. The summed E-state index contributed by atoms with van der Waals surface area (Å²) in [5.74, 6) is 2.96. The maximum absolute atomic E-state index is 9.51. The van der Waals surface area contributed by atoms with Crippen LogP contribution in [0.1, 0.15) is 73.1 Å². The van der Waals surface area contributed by atoms with E-state index in [1.54, 1.807) is 5.57 Å². The smallest absolute Gasteiger partial charge is 0.221 e. The van der Waals surface area contributed by atoms with Crippen molar-refractivity contribution in [2.75, 3.05) is 30.6 Å². The molecule has 5 unspecified atom stereocenters. The molecule has 3 aliphatic rings. The molecule has 4 rings (SSSR count). The predicted molar refractivity (Wildman–Crippen MR) is 130 cm³/mol. The maximum Gasteiger partial charge on any atom is 0.221 e. The molecule has 0 radical (unpaired) electrons. The zero-order chi connectivity index (χ0) is 23.1. The SMILES string of the molecule is CC(=CC[NH+]1CN(C)c2ncnc(NO)c21)CCC1(C)C(C)CCC2(C)C(C)=CCCC21. The summed E-state index contributed by atoms with van der Waals surface area (Å²) in [6, 6.07) is 0. The van der Waals surface area contributed by atoms with E-state index < -0.39 is 0 Å². The molecule has 2 heterocycles. The van der Waals surface area contributed by atoms with Crippen LogP contribution >= 0.6 is 0 Å². The van der Waals surface area contributed by atoms with Crippen molar-refractivity contribution in [2.24, 2.45) is 22.7 Å². The van der Waals surface area contributed by atoms with Gasteiger partial charge in [0.15, 0.2) is 6.67 Å². The van der Waals surface area contributed by atoms with Crippen molar-refractivity contribution >= 4 is 17.3 Å². The lowest BCUT2D eigenvalue weighted by atomic mass is 9.47. The van der Waals surface area contributed by atoms with Gasteiger partial charge in [-0.25, -0.2) is 15.4 Å². The van der Waals surface area contributed by atoms with Crippen molar-refractivity contribution in [3.05, 3.63) is 29.6 Å². The standard InChI is InChI=1S/C26H41N5O/c1-18(12-15-31-17-30(6)24-22(31)23(29-32)27-16-28-24)10-13-25(4)20(3)11-14-26(5)19(2)8-7-9-21(25)26/h8,12,16,20-21,32H,7,9-11,13-15,17H2,1-6H3,(H,27,28,29)/p+1. The van der Waals surface area contributed by atoms with E-state index in [1.807, 2.05) is 7.05 Å². The van der Waals surface area contributed by atoms with Crippen LogP contribution in [0.15, 0.2) is 29.6 Å². The highest BCUT2D eigenvalue weighted by molar-refractivity contribution is 5.70. The Kier molecular flexibility index (Phi) is 6.38. The van der Waals surface area contributed by atoms with Gasteiger partial charge in [-0.3, -0.25) is 10.1 Å². The number of hydrogen-bond acceptors (Lipinski definition) is 5. The summed E-state index contributed by atoms with van der Waals surface area (Å²) in [7, 11) is 2.04. The molecule has 0 bridgehead atoms. The minimum Gasteiger partial charge on any atom is -0.307 e. The molecule has 2 aliphatic carbocycles. The summed E-state index contributed by atoms with van der Waals surface area (Å²) >= 11 is 0. The fraction of sp³-hybridized carbons (Fsp3) is 0.692. The summed E-state index contributed by atoms with van der Waals surface area (Å²) < 4.78 is 0. The molecule has 0 amide bonds. The number of fused-ring (bicyclic) bond motifs is 2. The number of nitrogens with zero attached hydrogens (tertiary/aromatic N) is 3. The van der Waals surface area contributed by atoms with Gasteiger partial charge >= 0.3 is 0 Å². The lowest BCUT2D eigenvalue weighted by Gasteiger charge is -2.58. The van der Waals surface area contributed by atoms with Crippen molar-refractivity contribution in [3.63, 3.8) is 0 Å². The highest BCUT2D eigenvalue weighted by atomic mass is 16.5. The summed E-state index contributed by atoms with van der Waals surface area (Å²) in [5, 5.41) is 9.51. The summed E-state index contributed by atoms with van der Waals surface area (Å²) in [5.41, 5.74) is 7.09. The van der Waals surface area contributed by atoms with Gasteiger partial charge < -0.3 is 4.90 Å². The van der Waals surface area contributed by atoms with Crippen LogP contribution in [0.2, 0.25) is 0 Å². The average Bonchev–Trinajstić information content (AvgIpc) is 3.11. The lowest BCUT2D eigenvalue weighted by molar-refractivity contribution is -0.818. The molecule has 6 nitrogen and oxygen atoms in total. The largest absolute Gasteiger partial charge is 0.307 e. The highest BCUT2D eigenvalue weighted by Gasteiger charge is 2.52. The van der Waals surface area contributed by atoms with E-state index in [0.29, 0.717) is 16.6 Å². The summed E-state index contributed by atoms with van der Waals surface area (Å²) in [6.07, 6.45) is 14.1. The third kappa shape index (κ3) is 3.86. The summed E-state index contributed by atoms with van der Waals surface area (Å²) in [6.45, 7) is 14.0. The quantitative estimate of drug-likeness (QED) is 0.441. The Hall–Kier alpha value is -1.92. The topological polar surface area (TPSA) is 65.7 Å². The van der Waals surface area contributed by atoms with Gasteiger partial charge in [0.1, 0.15) is 12.9 Å². The molecule has 1 fully saturated rings. The van der Waals surface area contributed by atoms with E-state index in [1.165, 1.54) is 48.9 Å². The zero-order valence-corrected chi connectivity index (χ0v) is 20.8. The third-order valence-electron chi connectivity index (χ3n) is 9.43. The van der Waals surface area contributed by atoms with E-state index in [-0.39, 0.29) is 0 Å². The summed E-state index contributed by atoms with van der Waals surface area (Å²) in [4.78, 5) is 12.0. The highest BCUT2D eigenvalue weighted by Crippen LogP contribution is 2.61. The first-order chi connectivity index (χ1) is 15.2. The Balaban J connectivity index is 1.45. The van der Waals surface area contributed by atoms with Gasteiger partial charge in [-0.05, 0) is 81.1 Å². The third-order valence-corrected chi connectivity index (χ3v) is 9.43. The van der Waals surface area contributed by atoms with E-state index >= 15 is 0 Å². The molecule has 6 heteroatoms. The molecule has 0 spiro atoms. The number of nitrogens with one attached hydrogen (secondary N) is 2. The second kappa shape index (κ2) is 8.79. The van der Waals surface area contributed by atoms with Crippen molar-refractivity contribution < 1.29 is 10.1 Å². The number of allylic oxidation sites excluding steroid dienone is 3. The van der Waals surface area contributed by atoms with Crippen LogP contribution in [0.25, 0.3) is 0 Å². The van der Waals surface area contributed by atoms with E-state index in [2.05, 4.69) is 67.1 Å². The molecular formula is C26H42N5O+. The van der Waals surface area contributed by atoms with Crippen LogP contribution in [-0.2, 0) is 0 Å². The average molecular weight is 441 g/mol. The van der Waals surface area contributed by atoms with Crippen LogP contribution in [-0.4, -0.2) is 35.4 Å². The Morgan fingerprint density at radius 1 is 1.34 bits per heavy atom. The van der Waals surface area contributed by atoms with Crippen molar-refractivity contribution in [3.8, 4) is 0 Å². The number of aromatic nitrogens is 2. The van der Waals surface area contributed by atoms with Crippen LogP contribution in [0.3, 0.4) is 0 Å². The second-order valence-electron chi connectivity index (χ2n) is 11.1. The van der Waals surface area contributed by atoms with Crippen molar-refractivity contribution in [1.82, 2.24) is 9.97 Å². The molecule has 176 valence electrons. The van der Waals surface area contributed by atoms with Gasteiger partial charge in [0.05, 0.1) is 0 Å². The molecular weight excluding hydrogens is 398 g/mol. The Morgan fingerprint density at radius 3 is 2.88 bits per heavy atom. The second-order valence-corrected chi connectivity index (χ2v) is 11.1. The molecule has 5 atom stereocenters. The van der Waals surface area contributed by atoms with Crippen LogP contribution in [0, 0.1) is 22.7 Å². The maximum atomic E-state index is 9.51. The number of hydrogen-bond donors (Lipinski definition) is 3. The van der Waals surface area contributed by atoms with Gasteiger partial charge in [-0.15, -0.1) is 0 Å². The molecule has 1 aromatic rings. The fourth-order valence-electron chi connectivity index (χ4n) is 6.88. The minimum absolute atomic E-state index is 0.388. The van der Waals surface area contributed by atoms with Gasteiger partial charge in [0.25, 0.3) is 0 Å². The number of anilines is 2. The Bertz CT molecular complexity index is 911. The first-order valence-electron chi connectivity index (χ1n) is 12.3. The molecule has 1 aliphatic heterocycles. The van der Waals surface area contributed by atoms with Crippen LogP contribution in [0.5, 0.6) is 0 Å². The van der Waals surface area contributed by atoms with Gasteiger partial charge in [0, 0.05) is 7.05 Å². The predicted octanol–water partition coefficient (Wildman–Crippen LogP) is 4.73. The van der Waals surface area contributed by atoms with E-state index in [4.69, 9.17) is 0 Å². The lowest BCUT2D eigenvalue weighted by Crippen LogP contribution is -3.06. The Labute approximate surface area is 193 Å². The zero-order valence-electron chi connectivity index (χ0n) is 20.8. The van der Waals surface area contributed by atoms with Gasteiger partial charge in [-0.2, -0.15) is 0 Å². The first-order valence-corrected chi connectivity index (χ1v) is 12.3.